The Hall–Kier alpha value is -0.190. The normalized spacial score (nSPS) is 25.9. The molecule has 0 aliphatic carbocycles. The Bertz CT molecular complexity index is 211. The summed E-state index contributed by atoms with van der Waals surface area (Å²) in [5, 5.41) is 9.33. The summed E-state index contributed by atoms with van der Waals surface area (Å²) in [6.07, 6.45) is 4.82. The monoisotopic (exact) mass is 230 g/mol. The van der Waals surface area contributed by atoms with Crippen LogP contribution in [0.5, 0.6) is 0 Å². The van der Waals surface area contributed by atoms with Crippen LogP contribution in [-0.2, 0) is 0 Å². The van der Waals surface area contributed by atoms with Crippen molar-refractivity contribution in [1.29, 1.82) is 0 Å². The first kappa shape index (κ1) is 12.9. The van der Waals surface area contributed by atoms with E-state index in [1.807, 2.05) is 0 Å². The second-order valence-corrected chi connectivity index (χ2v) is 4.96. The van der Waals surface area contributed by atoms with Gasteiger partial charge in [0.2, 0.25) is 0 Å². The Labute approximate surface area is 97.6 Å². The smallest absolute Gasteiger partial charge is 0.0768 e. The molecule has 3 nitrogen and oxygen atoms in total. The van der Waals surface area contributed by atoms with Gasteiger partial charge in [-0.1, -0.05) is 32.0 Å². The summed E-state index contributed by atoms with van der Waals surface area (Å²) in [6, 6.07) is 0.310. The number of aliphatic hydroxyl groups excluding tert-OH is 1. The van der Waals surface area contributed by atoms with Gasteiger partial charge in [0, 0.05) is 18.5 Å². The van der Waals surface area contributed by atoms with Gasteiger partial charge in [-0.25, -0.2) is 0 Å². The number of likely N-dealkylation sites (tertiary alicyclic amines) is 1. The molecule has 3 N–H and O–H groups in total. The number of hydrogen-bond donors (Lipinski definition) is 2. The zero-order chi connectivity index (χ0) is 11.3. The SMILES string of the molecule is CC(CN1CCCCCC1CO)C(N)=S. The molecule has 0 saturated carbocycles. The molecule has 0 radical (unpaired) electrons. The van der Waals surface area contributed by atoms with Crippen LogP contribution in [0, 0.1) is 5.92 Å². The van der Waals surface area contributed by atoms with Gasteiger partial charge in [-0.3, -0.25) is 4.90 Å². The molecule has 1 saturated heterocycles. The lowest BCUT2D eigenvalue weighted by atomic mass is 10.1. The second-order valence-electron chi connectivity index (χ2n) is 4.48. The summed E-state index contributed by atoms with van der Waals surface area (Å²) in [5.74, 6) is 0.243. The Morgan fingerprint density at radius 3 is 2.87 bits per heavy atom. The zero-order valence-corrected chi connectivity index (χ0v) is 10.3. The highest BCUT2D eigenvalue weighted by molar-refractivity contribution is 7.80. The lowest BCUT2D eigenvalue weighted by Gasteiger charge is -2.30. The van der Waals surface area contributed by atoms with Gasteiger partial charge in [-0.15, -0.1) is 0 Å². The molecular weight excluding hydrogens is 208 g/mol. The molecule has 0 spiro atoms. The number of aliphatic hydroxyl groups is 1. The minimum absolute atomic E-state index is 0.243. The van der Waals surface area contributed by atoms with Gasteiger partial charge in [0.25, 0.3) is 0 Å². The second kappa shape index (κ2) is 6.40. The Balaban J connectivity index is 2.51. The number of hydrogen-bond acceptors (Lipinski definition) is 3. The molecule has 0 amide bonds. The van der Waals surface area contributed by atoms with Crippen molar-refractivity contribution < 1.29 is 5.11 Å². The fourth-order valence-electron chi connectivity index (χ4n) is 2.13. The van der Waals surface area contributed by atoms with E-state index in [-0.39, 0.29) is 12.5 Å². The van der Waals surface area contributed by atoms with E-state index in [4.69, 9.17) is 18.0 Å². The first-order valence-electron chi connectivity index (χ1n) is 5.79. The molecule has 1 aliphatic heterocycles. The van der Waals surface area contributed by atoms with Crippen molar-refractivity contribution in [3.05, 3.63) is 0 Å². The lowest BCUT2D eigenvalue weighted by Crippen LogP contribution is -2.42. The molecule has 88 valence electrons. The van der Waals surface area contributed by atoms with Gasteiger partial charge < -0.3 is 10.8 Å². The topological polar surface area (TPSA) is 49.5 Å². The van der Waals surface area contributed by atoms with E-state index in [1.54, 1.807) is 0 Å². The molecule has 2 unspecified atom stereocenters. The predicted octanol–water partition coefficient (Wildman–Crippen LogP) is 1.15. The van der Waals surface area contributed by atoms with Crippen molar-refractivity contribution in [1.82, 2.24) is 4.90 Å². The van der Waals surface area contributed by atoms with Crippen LogP contribution < -0.4 is 5.73 Å². The minimum Gasteiger partial charge on any atom is -0.395 e. The summed E-state index contributed by atoms with van der Waals surface area (Å²) in [6.45, 7) is 4.27. The van der Waals surface area contributed by atoms with E-state index in [1.165, 1.54) is 19.3 Å². The maximum atomic E-state index is 9.33. The number of nitrogens with zero attached hydrogens (tertiary/aromatic N) is 1. The van der Waals surface area contributed by atoms with E-state index in [0.29, 0.717) is 11.0 Å². The van der Waals surface area contributed by atoms with Crippen molar-refractivity contribution in [2.75, 3.05) is 19.7 Å². The molecule has 1 heterocycles. The molecule has 0 aromatic carbocycles. The molecule has 4 heteroatoms. The van der Waals surface area contributed by atoms with Gasteiger partial charge >= 0.3 is 0 Å². The zero-order valence-electron chi connectivity index (χ0n) is 9.48. The first-order chi connectivity index (χ1) is 7.15. The molecule has 0 aromatic rings. The fraction of sp³-hybridized carbons (Fsp3) is 0.909. The Morgan fingerprint density at radius 1 is 1.53 bits per heavy atom. The van der Waals surface area contributed by atoms with E-state index < -0.39 is 0 Å². The molecule has 1 fully saturated rings. The quantitative estimate of drug-likeness (QED) is 0.711. The summed E-state index contributed by atoms with van der Waals surface area (Å²) >= 11 is 4.98. The van der Waals surface area contributed by atoms with E-state index in [2.05, 4.69) is 11.8 Å². The summed E-state index contributed by atoms with van der Waals surface area (Å²) in [7, 11) is 0. The standard InChI is InChI=1S/C11H22N2OS/c1-9(11(12)15)7-13-6-4-2-3-5-10(13)8-14/h9-10,14H,2-8H2,1H3,(H2,12,15). The van der Waals surface area contributed by atoms with Gasteiger partial charge in [0.15, 0.2) is 0 Å². The van der Waals surface area contributed by atoms with Crippen molar-refractivity contribution in [2.24, 2.45) is 11.7 Å². The van der Waals surface area contributed by atoms with Crippen LogP contribution in [0.15, 0.2) is 0 Å². The summed E-state index contributed by atoms with van der Waals surface area (Å²) < 4.78 is 0. The number of rotatable bonds is 4. The average Bonchev–Trinajstić information content (AvgIpc) is 2.42. The molecule has 2 atom stereocenters. The maximum absolute atomic E-state index is 9.33. The molecule has 1 rings (SSSR count). The van der Waals surface area contributed by atoms with Crippen molar-refractivity contribution in [3.63, 3.8) is 0 Å². The van der Waals surface area contributed by atoms with Crippen LogP contribution in [0.25, 0.3) is 0 Å². The van der Waals surface area contributed by atoms with Crippen LogP contribution in [0.4, 0.5) is 0 Å². The fourth-order valence-corrected chi connectivity index (χ4v) is 2.20. The highest BCUT2D eigenvalue weighted by Crippen LogP contribution is 2.17. The molecule has 1 aliphatic rings. The third-order valence-corrected chi connectivity index (χ3v) is 3.61. The van der Waals surface area contributed by atoms with Crippen molar-refractivity contribution in [2.45, 2.75) is 38.6 Å². The molecular formula is C11H22N2OS. The Kier molecular flexibility index (Phi) is 5.50. The van der Waals surface area contributed by atoms with Gasteiger partial charge in [0.1, 0.15) is 0 Å². The third kappa shape index (κ3) is 4.05. The maximum Gasteiger partial charge on any atom is 0.0768 e. The van der Waals surface area contributed by atoms with E-state index in [9.17, 15) is 5.11 Å². The van der Waals surface area contributed by atoms with E-state index >= 15 is 0 Å². The molecule has 15 heavy (non-hydrogen) atoms. The highest BCUT2D eigenvalue weighted by atomic mass is 32.1. The van der Waals surface area contributed by atoms with Crippen LogP contribution in [0.3, 0.4) is 0 Å². The van der Waals surface area contributed by atoms with Crippen LogP contribution in [0.2, 0.25) is 0 Å². The number of nitrogens with two attached hydrogens (primary N) is 1. The van der Waals surface area contributed by atoms with Gasteiger partial charge in [-0.2, -0.15) is 0 Å². The van der Waals surface area contributed by atoms with Crippen molar-refractivity contribution in [3.8, 4) is 0 Å². The summed E-state index contributed by atoms with van der Waals surface area (Å²) in [4.78, 5) is 2.92. The van der Waals surface area contributed by atoms with Gasteiger partial charge in [-0.05, 0) is 19.4 Å². The highest BCUT2D eigenvalue weighted by Gasteiger charge is 2.22. The molecule has 0 aromatic heterocycles. The van der Waals surface area contributed by atoms with Crippen LogP contribution >= 0.6 is 12.2 Å². The summed E-state index contributed by atoms with van der Waals surface area (Å²) in [5.41, 5.74) is 5.62. The largest absolute Gasteiger partial charge is 0.395 e. The van der Waals surface area contributed by atoms with Crippen LogP contribution in [0.1, 0.15) is 32.6 Å². The predicted molar refractivity (Wildman–Crippen MR) is 66.9 cm³/mol. The first-order valence-corrected chi connectivity index (χ1v) is 6.20. The van der Waals surface area contributed by atoms with Crippen LogP contribution in [-0.4, -0.2) is 40.7 Å². The molecule has 0 bridgehead atoms. The average molecular weight is 230 g/mol. The number of thiocarbonyl (C=S) groups is 1. The van der Waals surface area contributed by atoms with Gasteiger partial charge in [0.05, 0.1) is 11.6 Å². The lowest BCUT2D eigenvalue weighted by molar-refractivity contribution is 0.119. The third-order valence-electron chi connectivity index (χ3n) is 3.20. The van der Waals surface area contributed by atoms with E-state index in [0.717, 1.165) is 19.5 Å². The van der Waals surface area contributed by atoms with Crippen molar-refractivity contribution >= 4 is 17.2 Å². The Morgan fingerprint density at radius 2 is 2.27 bits per heavy atom. The minimum atomic E-state index is 0.243.